The van der Waals surface area contributed by atoms with Crippen LogP contribution in [0.2, 0.25) is 0 Å². The first-order valence-corrected chi connectivity index (χ1v) is 15.4. The summed E-state index contributed by atoms with van der Waals surface area (Å²) in [6, 6.07) is 18.9. The second kappa shape index (κ2) is 12.3. The Kier molecular flexibility index (Phi) is 11.3. The van der Waals surface area contributed by atoms with Crippen molar-refractivity contribution in [2.75, 3.05) is 14.1 Å². The van der Waals surface area contributed by atoms with Gasteiger partial charge < -0.3 is 0 Å². The first-order chi connectivity index (χ1) is 12.5. The minimum atomic E-state index is 0. The van der Waals surface area contributed by atoms with Crippen LogP contribution in [0.25, 0.3) is 0 Å². The van der Waals surface area contributed by atoms with Crippen molar-refractivity contribution in [3.05, 3.63) is 59.7 Å². The average Bonchev–Trinajstić information content (AvgIpc) is 2.62. The largest absolute Gasteiger partial charge is 0.147 e. The van der Waals surface area contributed by atoms with Gasteiger partial charge in [0.1, 0.15) is 0 Å². The summed E-state index contributed by atoms with van der Waals surface area (Å²) < 4.78 is 3.10. The number of hydrogen-bond acceptors (Lipinski definition) is 2. The number of hydrogen-bond donors (Lipinski definition) is 2. The van der Waals surface area contributed by atoms with Gasteiger partial charge in [0.2, 0.25) is 0 Å². The molecular weight excluding hydrogens is 486 g/mol. The van der Waals surface area contributed by atoms with Crippen molar-refractivity contribution >= 4 is 47.6 Å². The van der Waals surface area contributed by atoms with E-state index in [-0.39, 0.29) is 12.4 Å². The molecule has 0 aliphatic carbocycles. The Bertz CT molecular complexity index is 632. The third-order valence-corrected chi connectivity index (χ3v) is 12.0. The van der Waals surface area contributed by atoms with Crippen molar-refractivity contribution in [3.63, 3.8) is 0 Å². The molecule has 0 aliphatic rings. The number of rotatable bonds is 9. The second-order valence-corrected chi connectivity index (χ2v) is 13.4. The van der Waals surface area contributed by atoms with Gasteiger partial charge in [-0.05, 0) is 0 Å². The normalized spacial score (nSPS) is 13.5. The Hall–Kier alpha value is -0.311. The molecule has 0 amide bonds. The van der Waals surface area contributed by atoms with Gasteiger partial charge >= 0.3 is 171 Å². The third-order valence-electron chi connectivity index (χ3n) is 4.68. The topological polar surface area (TPSA) is 24.1 Å². The quantitative estimate of drug-likeness (QED) is 0.498. The van der Waals surface area contributed by atoms with Gasteiger partial charge in [0.25, 0.3) is 0 Å². The average molecular weight is 519 g/mol. The van der Waals surface area contributed by atoms with Gasteiger partial charge in [0.15, 0.2) is 0 Å². The summed E-state index contributed by atoms with van der Waals surface area (Å²) in [5, 5.41) is 7.03. The maximum atomic E-state index is 3.52. The molecule has 2 unspecified atom stereocenters. The third kappa shape index (κ3) is 6.61. The van der Waals surface area contributed by atoms with E-state index in [0.717, 1.165) is 0 Å². The van der Waals surface area contributed by atoms with Crippen molar-refractivity contribution < 1.29 is 0 Å². The van der Waals surface area contributed by atoms with Gasteiger partial charge in [-0.3, -0.25) is 0 Å². The summed E-state index contributed by atoms with van der Waals surface area (Å²) >= 11 is 0.970. The van der Waals surface area contributed by atoms with E-state index < -0.39 is 0 Å². The van der Waals surface area contributed by atoms with E-state index in [2.05, 4.69) is 101 Å². The molecule has 0 bridgehead atoms. The van der Waals surface area contributed by atoms with Gasteiger partial charge in [-0.1, -0.05) is 0 Å². The van der Waals surface area contributed by atoms with E-state index in [1.807, 2.05) is 0 Å². The maximum Gasteiger partial charge on any atom is -0.147 e. The van der Waals surface area contributed by atoms with Crippen LogP contribution in [-0.2, 0) is 0 Å². The van der Waals surface area contributed by atoms with Crippen LogP contribution in [0.1, 0.15) is 50.9 Å². The van der Waals surface area contributed by atoms with Crippen LogP contribution in [-0.4, -0.2) is 40.4 Å². The summed E-state index contributed by atoms with van der Waals surface area (Å²) in [6.07, 6.45) is 0. The fraction of sp³-hybridized carbons (Fsp3) is 0.455. The van der Waals surface area contributed by atoms with E-state index in [1.165, 1.54) is 11.1 Å². The number of halogens is 1. The Labute approximate surface area is 183 Å². The second-order valence-electron chi connectivity index (χ2n) is 7.26. The zero-order valence-electron chi connectivity index (χ0n) is 17.2. The smallest absolute Gasteiger partial charge is 0.147 e. The van der Waals surface area contributed by atoms with Crippen LogP contribution in [0, 0.1) is 11.8 Å². The van der Waals surface area contributed by atoms with E-state index in [9.17, 15) is 0 Å². The van der Waals surface area contributed by atoms with Crippen molar-refractivity contribution in [3.8, 4) is 0 Å². The zero-order valence-corrected chi connectivity index (χ0v) is 21.4. The van der Waals surface area contributed by atoms with Gasteiger partial charge in [-0.15, -0.1) is 12.4 Å². The summed E-state index contributed by atoms with van der Waals surface area (Å²) in [6.45, 7) is 9.19. The molecule has 0 aliphatic heterocycles. The molecule has 5 heteroatoms. The molecule has 2 aromatic rings. The van der Waals surface area contributed by atoms with Crippen molar-refractivity contribution in [2.45, 2.75) is 39.8 Å². The van der Waals surface area contributed by atoms with Gasteiger partial charge in [-0.25, -0.2) is 0 Å². The van der Waals surface area contributed by atoms with Crippen molar-refractivity contribution in [1.82, 2.24) is 10.6 Å². The van der Waals surface area contributed by atoms with E-state index >= 15 is 0 Å². The molecule has 0 radical (unpaired) electrons. The molecule has 0 saturated heterocycles. The molecule has 2 aromatic carbocycles. The summed E-state index contributed by atoms with van der Waals surface area (Å²) in [4.78, 5) is 0. The fourth-order valence-electron chi connectivity index (χ4n) is 3.41. The Morgan fingerprint density at radius 1 is 0.630 bits per heavy atom. The minimum Gasteiger partial charge on any atom is -0.147 e. The van der Waals surface area contributed by atoms with Crippen LogP contribution in [0.15, 0.2) is 48.5 Å². The Morgan fingerprint density at radius 2 is 0.963 bits per heavy atom. The van der Waals surface area contributed by atoms with Gasteiger partial charge in [0, 0.05) is 0 Å². The molecule has 0 heterocycles. The molecule has 2 N–H and O–H groups in total. The molecular formula is C22H33ClN2Se2. The molecule has 27 heavy (non-hydrogen) atoms. The predicted molar refractivity (Wildman–Crippen MR) is 124 cm³/mol. The summed E-state index contributed by atoms with van der Waals surface area (Å²) in [5.74, 6) is 1.18. The van der Waals surface area contributed by atoms with Crippen LogP contribution < -0.4 is 19.6 Å². The van der Waals surface area contributed by atoms with Crippen molar-refractivity contribution in [1.29, 1.82) is 0 Å². The monoisotopic (exact) mass is 520 g/mol. The maximum absolute atomic E-state index is 3.52. The Morgan fingerprint density at radius 3 is 1.26 bits per heavy atom. The first-order valence-electron chi connectivity index (χ1n) is 9.36. The van der Waals surface area contributed by atoms with E-state index in [4.69, 9.17) is 0 Å². The predicted octanol–water partition coefficient (Wildman–Crippen LogP) is 3.22. The molecule has 2 rings (SSSR count). The molecule has 2 atom stereocenters. The van der Waals surface area contributed by atoms with Crippen molar-refractivity contribution in [2.24, 2.45) is 11.8 Å². The molecule has 0 aromatic heterocycles. The molecule has 0 saturated carbocycles. The van der Waals surface area contributed by atoms with Crippen LogP contribution >= 0.6 is 12.4 Å². The molecule has 0 fully saturated rings. The van der Waals surface area contributed by atoms with E-state index in [1.54, 1.807) is 8.92 Å². The molecule has 150 valence electrons. The van der Waals surface area contributed by atoms with Crippen LogP contribution in [0.5, 0.6) is 0 Å². The summed E-state index contributed by atoms with van der Waals surface area (Å²) in [5.41, 5.74) is 2.97. The number of nitrogens with one attached hydrogen (secondary N) is 2. The molecule has 2 nitrogen and oxygen atoms in total. The standard InChI is InChI=1S/C22H32N2Se2.ClH/c1-15(2)21(23-5)17-11-7-9-13-19(17)25-26-20-14-10-8-12-18(20)22(24-6)16(3)4;/h7-16,21-24H,1-6H3;1H. The molecule has 0 spiro atoms. The minimum absolute atomic E-state index is 0. The van der Waals surface area contributed by atoms with E-state index in [0.29, 0.717) is 50.2 Å². The first kappa shape index (κ1) is 24.7. The zero-order chi connectivity index (χ0) is 19.1. The fourth-order valence-corrected chi connectivity index (χ4v) is 10.8. The SMILES string of the molecule is CNC(c1ccccc1[Se][Se]c1ccccc1C(NC)C(C)C)C(C)C.Cl. The van der Waals surface area contributed by atoms with Gasteiger partial charge in [0.05, 0.1) is 0 Å². The van der Waals surface area contributed by atoms with Crippen LogP contribution in [0.3, 0.4) is 0 Å². The van der Waals surface area contributed by atoms with Crippen LogP contribution in [0.4, 0.5) is 0 Å². The summed E-state index contributed by atoms with van der Waals surface area (Å²) in [7, 11) is 4.16. The van der Waals surface area contributed by atoms with Gasteiger partial charge in [-0.2, -0.15) is 0 Å². The number of benzene rings is 2. The Balaban J connectivity index is 0.00000364.